The predicted octanol–water partition coefficient (Wildman–Crippen LogP) is 5.49. The van der Waals surface area contributed by atoms with Crippen LogP contribution in [0.25, 0.3) is 0 Å². The molecule has 2 saturated carbocycles. The van der Waals surface area contributed by atoms with Crippen LogP contribution in [0.15, 0.2) is 0 Å². The van der Waals surface area contributed by atoms with Gasteiger partial charge in [-0.3, -0.25) is 0 Å². The van der Waals surface area contributed by atoms with E-state index >= 15 is 0 Å². The van der Waals surface area contributed by atoms with E-state index in [1.807, 2.05) is 20.8 Å². The summed E-state index contributed by atoms with van der Waals surface area (Å²) >= 11 is 0. The van der Waals surface area contributed by atoms with E-state index in [4.69, 9.17) is 3.87 Å². The van der Waals surface area contributed by atoms with E-state index in [1.165, 1.54) is 0 Å². The van der Waals surface area contributed by atoms with Crippen LogP contribution in [0, 0.1) is 0 Å². The van der Waals surface area contributed by atoms with Gasteiger partial charge in [-0.05, 0) is 16.1 Å². The standard InChI is InChI=1S/C15H27F3O3SSi/c1-14(2,3)23(12-8-4-5-9-12,13-10-6-7-11-13)21-22(19,20)15(16,17)18/h12-13H,4-11H2,1-3H3. The van der Waals surface area contributed by atoms with Gasteiger partial charge in [0.1, 0.15) is 0 Å². The third-order valence-corrected chi connectivity index (χ3v) is 14.1. The average molecular weight is 373 g/mol. The summed E-state index contributed by atoms with van der Waals surface area (Å²) in [6.45, 7) is 5.63. The molecule has 2 rings (SSSR count). The van der Waals surface area contributed by atoms with Crippen molar-refractivity contribution >= 4 is 18.4 Å². The zero-order chi connectivity index (χ0) is 17.5. The van der Waals surface area contributed by atoms with E-state index in [2.05, 4.69) is 0 Å². The maximum Gasteiger partial charge on any atom is 0.522 e. The third-order valence-electron chi connectivity index (χ3n) is 5.63. The first-order valence-electron chi connectivity index (χ1n) is 8.44. The highest BCUT2D eigenvalue weighted by atomic mass is 32.2. The molecule has 0 bridgehead atoms. The molecule has 2 aliphatic carbocycles. The van der Waals surface area contributed by atoms with Crippen LogP contribution in [0.5, 0.6) is 0 Å². The SMILES string of the molecule is CC(C)(C)[Si](OS(=O)(=O)C(F)(F)F)(C1CCCC1)C1CCCC1. The highest BCUT2D eigenvalue weighted by Gasteiger charge is 2.63. The predicted molar refractivity (Wildman–Crippen MR) is 86.0 cm³/mol. The molecule has 0 spiro atoms. The van der Waals surface area contributed by atoms with E-state index < -0.39 is 29.0 Å². The lowest BCUT2D eigenvalue weighted by Gasteiger charge is -2.49. The van der Waals surface area contributed by atoms with Crippen LogP contribution in [0.2, 0.25) is 16.1 Å². The maximum absolute atomic E-state index is 13.0. The third kappa shape index (κ3) is 3.49. The van der Waals surface area contributed by atoms with E-state index in [9.17, 15) is 21.6 Å². The second-order valence-electron chi connectivity index (χ2n) is 7.99. The van der Waals surface area contributed by atoms with Gasteiger partial charge in [-0.1, -0.05) is 72.1 Å². The summed E-state index contributed by atoms with van der Waals surface area (Å²) in [5, 5.41) is -0.546. The summed E-state index contributed by atoms with van der Waals surface area (Å²) in [6.07, 6.45) is 7.02. The first-order valence-corrected chi connectivity index (χ1v) is 11.9. The van der Waals surface area contributed by atoms with Gasteiger partial charge in [-0.2, -0.15) is 21.6 Å². The number of halogens is 3. The Labute approximate surface area is 138 Å². The minimum absolute atomic E-state index is 0.00252. The van der Waals surface area contributed by atoms with Crippen LogP contribution in [0.4, 0.5) is 13.2 Å². The minimum Gasteiger partial charge on any atom is -0.307 e. The normalized spacial score (nSPS) is 22.9. The fraction of sp³-hybridized carbons (Fsp3) is 1.00. The molecule has 0 aliphatic heterocycles. The molecule has 0 aromatic rings. The Balaban J connectivity index is 2.52. The second-order valence-corrected chi connectivity index (χ2v) is 14.7. The van der Waals surface area contributed by atoms with E-state index in [1.54, 1.807) is 0 Å². The number of rotatable bonds is 4. The van der Waals surface area contributed by atoms with Crippen molar-refractivity contribution in [2.24, 2.45) is 0 Å². The summed E-state index contributed by atoms with van der Waals surface area (Å²) < 4.78 is 68.2. The number of alkyl halides is 3. The topological polar surface area (TPSA) is 43.4 Å². The van der Waals surface area contributed by atoms with Crippen molar-refractivity contribution in [2.45, 2.75) is 93.8 Å². The van der Waals surface area contributed by atoms with Crippen molar-refractivity contribution in [1.29, 1.82) is 0 Å². The molecule has 0 atom stereocenters. The van der Waals surface area contributed by atoms with Crippen LogP contribution in [0.1, 0.15) is 72.1 Å². The molecule has 2 aliphatic rings. The number of hydrogen-bond acceptors (Lipinski definition) is 3. The largest absolute Gasteiger partial charge is 0.522 e. The van der Waals surface area contributed by atoms with Crippen LogP contribution in [0.3, 0.4) is 0 Å². The highest BCUT2D eigenvalue weighted by Crippen LogP contribution is 2.61. The summed E-state index contributed by atoms with van der Waals surface area (Å²) in [4.78, 5) is 0. The average Bonchev–Trinajstić information content (AvgIpc) is 3.06. The molecular formula is C15H27F3O3SSi. The molecule has 0 aromatic heterocycles. The fourth-order valence-corrected chi connectivity index (χ4v) is 14.3. The van der Waals surface area contributed by atoms with Crippen LogP contribution >= 0.6 is 0 Å². The molecule has 0 amide bonds. The fourth-order valence-electron chi connectivity index (χ4n) is 4.76. The molecule has 0 unspecified atom stereocenters. The molecule has 2 fully saturated rings. The van der Waals surface area contributed by atoms with E-state index in [0.717, 1.165) is 51.4 Å². The van der Waals surface area contributed by atoms with Gasteiger partial charge in [-0.15, -0.1) is 0 Å². The summed E-state index contributed by atoms with van der Waals surface area (Å²) in [5.41, 5.74) is -5.33. The highest BCUT2D eigenvalue weighted by molar-refractivity contribution is 7.88. The van der Waals surface area contributed by atoms with Gasteiger partial charge in [0, 0.05) is 0 Å². The molecule has 0 radical (unpaired) electrons. The summed E-state index contributed by atoms with van der Waals surface area (Å²) in [7, 11) is -8.74. The van der Waals surface area contributed by atoms with Crippen LogP contribution in [-0.2, 0) is 14.0 Å². The molecule has 23 heavy (non-hydrogen) atoms. The van der Waals surface area contributed by atoms with E-state index in [-0.39, 0.29) is 11.1 Å². The first kappa shape index (κ1) is 19.2. The van der Waals surface area contributed by atoms with E-state index in [0.29, 0.717) is 0 Å². The molecule has 3 nitrogen and oxygen atoms in total. The molecular weight excluding hydrogens is 345 g/mol. The Kier molecular flexibility index (Phi) is 5.30. The van der Waals surface area contributed by atoms with Crippen molar-refractivity contribution in [1.82, 2.24) is 0 Å². The van der Waals surface area contributed by atoms with Gasteiger partial charge >= 0.3 is 15.6 Å². The lowest BCUT2D eigenvalue weighted by molar-refractivity contribution is -0.0507. The van der Waals surface area contributed by atoms with Gasteiger partial charge in [0.15, 0.2) is 0 Å². The summed E-state index contributed by atoms with van der Waals surface area (Å²) in [5.74, 6) is 0. The van der Waals surface area contributed by atoms with Gasteiger partial charge in [0.05, 0.1) is 0 Å². The lowest BCUT2D eigenvalue weighted by Crippen LogP contribution is -2.56. The zero-order valence-corrected chi connectivity index (χ0v) is 15.9. The molecule has 0 saturated heterocycles. The van der Waals surface area contributed by atoms with Gasteiger partial charge < -0.3 is 3.87 Å². The smallest absolute Gasteiger partial charge is 0.307 e. The van der Waals surface area contributed by atoms with Crippen molar-refractivity contribution in [2.75, 3.05) is 0 Å². The van der Waals surface area contributed by atoms with Crippen molar-refractivity contribution in [3.63, 3.8) is 0 Å². The minimum atomic E-state index is -5.55. The molecule has 0 N–H and O–H groups in total. The summed E-state index contributed by atoms with van der Waals surface area (Å²) in [6, 6.07) is 0. The van der Waals surface area contributed by atoms with Crippen molar-refractivity contribution in [3.8, 4) is 0 Å². The quantitative estimate of drug-likeness (QED) is 0.484. The van der Waals surface area contributed by atoms with Crippen LogP contribution in [-0.4, -0.2) is 22.2 Å². The Hall–Kier alpha value is -0.0831. The maximum atomic E-state index is 13.0. The molecule has 0 heterocycles. The zero-order valence-electron chi connectivity index (χ0n) is 14.1. The Morgan fingerprint density at radius 1 is 0.870 bits per heavy atom. The Morgan fingerprint density at radius 2 is 1.22 bits per heavy atom. The second kappa shape index (κ2) is 6.33. The molecule has 8 heteroatoms. The lowest BCUT2D eigenvalue weighted by atomic mass is 10.2. The van der Waals surface area contributed by atoms with Gasteiger partial charge in [0.2, 0.25) is 8.32 Å². The monoisotopic (exact) mass is 372 g/mol. The number of hydrogen-bond donors (Lipinski definition) is 0. The van der Waals surface area contributed by atoms with Gasteiger partial charge in [-0.25, -0.2) is 0 Å². The first-order chi connectivity index (χ1) is 10.4. The van der Waals surface area contributed by atoms with Gasteiger partial charge in [0.25, 0.3) is 0 Å². The Morgan fingerprint density at radius 3 is 1.48 bits per heavy atom. The van der Waals surface area contributed by atoms with Crippen molar-refractivity contribution in [3.05, 3.63) is 0 Å². The Bertz CT molecular complexity index is 497. The molecule has 0 aromatic carbocycles. The van der Waals surface area contributed by atoms with Crippen LogP contribution < -0.4 is 0 Å². The molecule has 136 valence electrons. The van der Waals surface area contributed by atoms with Crippen molar-refractivity contribution < 1.29 is 25.5 Å².